The molecule has 98 valence electrons. The van der Waals surface area contributed by atoms with Crippen LogP contribution in [0.1, 0.15) is 23.2 Å². The third-order valence-corrected chi connectivity index (χ3v) is 3.29. The van der Waals surface area contributed by atoms with Gasteiger partial charge in [0.05, 0.1) is 0 Å². The van der Waals surface area contributed by atoms with E-state index in [9.17, 15) is 13.6 Å². The number of carbonyl (C=O) groups excluding carboxylic acids is 1. The molecular weight excluding hydrogens is 238 g/mol. The molecule has 1 aromatic carbocycles. The van der Waals surface area contributed by atoms with Gasteiger partial charge in [0.15, 0.2) is 0 Å². The van der Waals surface area contributed by atoms with Gasteiger partial charge in [0.1, 0.15) is 11.6 Å². The highest BCUT2D eigenvalue weighted by atomic mass is 19.1. The van der Waals surface area contributed by atoms with Crippen LogP contribution in [0.4, 0.5) is 8.78 Å². The lowest BCUT2D eigenvalue weighted by Crippen LogP contribution is -2.44. The molecule has 0 aliphatic carbocycles. The maximum absolute atomic E-state index is 13.1. The number of nitrogens with one attached hydrogen (secondary N) is 1. The Bertz CT molecular complexity index is 424. The van der Waals surface area contributed by atoms with Crippen LogP contribution in [0.2, 0.25) is 0 Å². The molecular formula is C13H16F2N2O. The number of benzene rings is 1. The first-order valence-corrected chi connectivity index (χ1v) is 6.02. The molecule has 2 rings (SSSR count). The van der Waals surface area contributed by atoms with Crippen molar-refractivity contribution in [1.82, 2.24) is 10.2 Å². The SMILES string of the molecule is CN(C(=O)c1cc(F)cc(F)c1)C1CCNCC1. The van der Waals surface area contributed by atoms with E-state index in [-0.39, 0.29) is 17.5 Å². The number of carbonyl (C=O) groups is 1. The minimum atomic E-state index is -0.725. The van der Waals surface area contributed by atoms with Crippen LogP contribution in [0.25, 0.3) is 0 Å². The minimum absolute atomic E-state index is 0.0635. The summed E-state index contributed by atoms with van der Waals surface area (Å²) in [7, 11) is 1.68. The van der Waals surface area contributed by atoms with E-state index in [1.54, 1.807) is 11.9 Å². The highest BCUT2D eigenvalue weighted by Gasteiger charge is 2.23. The zero-order valence-electron chi connectivity index (χ0n) is 10.2. The summed E-state index contributed by atoms with van der Waals surface area (Å²) in [6.45, 7) is 1.72. The van der Waals surface area contributed by atoms with E-state index in [0.29, 0.717) is 0 Å². The third kappa shape index (κ3) is 2.85. The normalized spacial score (nSPS) is 16.6. The molecule has 1 N–H and O–H groups in total. The van der Waals surface area contributed by atoms with E-state index < -0.39 is 11.6 Å². The van der Waals surface area contributed by atoms with Crippen LogP contribution in [-0.2, 0) is 0 Å². The highest BCUT2D eigenvalue weighted by Crippen LogP contribution is 2.15. The molecule has 1 amide bonds. The Balaban J connectivity index is 2.14. The average molecular weight is 254 g/mol. The highest BCUT2D eigenvalue weighted by molar-refractivity contribution is 5.94. The van der Waals surface area contributed by atoms with E-state index in [0.717, 1.165) is 44.1 Å². The molecule has 1 aliphatic rings. The van der Waals surface area contributed by atoms with E-state index in [2.05, 4.69) is 5.32 Å². The maximum Gasteiger partial charge on any atom is 0.254 e. The van der Waals surface area contributed by atoms with E-state index >= 15 is 0 Å². The molecule has 18 heavy (non-hydrogen) atoms. The Labute approximate surface area is 105 Å². The summed E-state index contributed by atoms with van der Waals surface area (Å²) in [5.74, 6) is -1.78. The molecule has 1 aliphatic heterocycles. The Kier molecular flexibility index (Phi) is 3.91. The molecule has 1 fully saturated rings. The quantitative estimate of drug-likeness (QED) is 0.872. The number of hydrogen-bond acceptors (Lipinski definition) is 2. The van der Waals surface area contributed by atoms with Crippen molar-refractivity contribution in [3.63, 3.8) is 0 Å². The Morgan fingerprint density at radius 2 is 1.78 bits per heavy atom. The molecule has 0 saturated carbocycles. The molecule has 0 atom stereocenters. The topological polar surface area (TPSA) is 32.3 Å². The van der Waals surface area contributed by atoms with Gasteiger partial charge in [0.25, 0.3) is 5.91 Å². The van der Waals surface area contributed by atoms with Crippen LogP contribution < -0.4 is 5.32 Å². The second-order valence-corrected chi connectivity index (χ2v) is 4.56. The maximum atomic E-state index is 13.1. The van der Waals surface area contributed by atoms with Gasteiger partial charge >= 0.3 is 0 Å². The summed E-state index contributed by atoms with van der Waals surface area (Å²) in [4.78, 5) is 13.7. The van der Waals surface area contributed by atoms with Crippen molar-refractivity contribution in [1.29, 1.82) is 0 Å². The van der Waals surface area contributed by atoms with Crippen molar-refractivity contribution in [2.75, 3.05) is 20.1 Å². The van der Waals surface area contributed by atoms with Crippen LogP contribution in [-0.4, -0.2) is 37.0 Å². The smallest absolute Gasteiger partial charge is 0.254 e. The first-order chi connectivity index (χ1) is 8.58. The van der Waals surface area contributed by atoms with Gasteiger partial charge in [-0.25, -0.2) is 8.78 Å². The van der Waals surface area contributed by atoms with Crippen molar-refractivity contribution in [2.45, 2.75) is 18.9 Å². The first-order valence-electron chi connectivity index (χ1n) is 6.02. The van der Waals surface area contributed by atoms with Gasteiger partial charge < -0.3 is 10.2 Å². The summed E-state index contributed by atoms with van der Waals surface area (Å²) in [5.41, 5.74) is 0.0635. The fourth-order valence-corrected chi connectivity index (χ4v) is 2.24. The molecule has 0 unspecified atom stereocenters. The zero-order valence-corrected chi connectivity index (χ0v) is 10.2. The van der Waals surface area contributed by atoms with Crippen LogP contribution >= 0.6 is 0 Å². The number of halogens is 2. The second kappa shape index (κ2) is 5.44. The van der Waals surface area contributed by atoms with Crippen LogP contribution in [0.5, 0.6) is 0 Å². The van der Waals surface area contributed by atoms with E-state index in [1.165, 1.54) is 0 Å². The number of piperidine rings is 1. The van der Waals surface area contributed by atoms with Gasteiger partial charge in [0, 0.05) is 24.7 Å². The second-order valence-electron chi connectivity index (χ2n) is 4.56. The molecule has 1 heterocycles. The van der Waals surface area contributed by atoms with E-state index in [4.69, 9.17) is 0 Å². The molecule has 0 spiro atoms. The number of rotatable bonds is 2. The summed E-state index contributed by atoms with van der Waals surface area (Å²) in [6, 6.07) is 3.04. The number of amides is 1. The van der Waals surface area contributed by atoms with Crippen LogP contribution in [0, 0.1) is 11.6 Å². The molecule has 1 saturated heterocycles. The lowest BCUT2D eigenvalue weighted by Gasteiger charge is -2.31. The Hall–Kier alpha value is -1.49. The van der Waals surface area contributed by atoms with Gasteiger partial charge in [-0.05, 0) is 38.1 Å². The number of hydrogen-bond donors (Lipinski definition) is 1. The summed E-state index contributed by atoms with van der Waals surface area (Å²) >= 11 is 0. The third-order valence-electron chi connectivity index (χ3n) is 3.29. The van der Waals surface area contributed by atoms with E-state index in [1.807, 2.05) is 0 Å². The lowest BCUT2D eigenvalue weighted by molar-refractivity contribution is 0.0702. The van der Waals surface area contributed by atoms with Gasteiger partial charge in [-0.3, -0.25) is 4.79 Å². The predicted octanol–water partition coefficient (Wildman–Crippen LogP) is 1.79. The Morgan fingerprint density at radius 1 is 1.22 bits per heavy atom. The number of nitrogens with zero attached hydrogens (tertiary/aromatic N) is 1. The Morgan fingerprint density at radius 3 is 2.33 bits per heavy atom. The van der Waals surface area contributed by atoms with Crippen LogP contribution in [0.3, 0.4) is 0 Å². The lowest BCUT2D eigenvalue weighted by atomic mass is 10.0. The predicted molar refractivity (Wildman–Crippen MR) is 64.3 cm³/mol. The first kappa shape index (κ1) is 13.0. The molecule has 0 radical (unpaired) electrons. The monoisotopic (exact) mass is 254 g/mol. The van der Waals surface area contributed by atoms with Crippen molar-refractivity contribution < 1.29 is 13.6 Å². The fourth-order valence-electron chi connectivity index (χ4n) is 2.24. The fraction of sp³-hybridized carbons (Fsp3) is 0.462. The van der Waals surface area contributed by atoms with Crippen molar-refractivity contribution >= 4 is 5.91 Å². The summed E-state index contributed by atoms with van der Waals surface area (Å²) in [6.07, 6.45) is 1.72. The standard InChI is InChI=1S/C13H16F2N2O/c1-17(12-2-4-16-5-3-12)13(18)9-6-10(14)8-11(15)7-9/h6-8,12,16H,2-5H2,1H3. The molecule has 3 nitrogen and oxygen atoms in total. The van der Waals surface area contributed by atoms with Gasteiger partial charge in [0.2, 0.25) is 0 Å². The van der Waals surface area contributed by atoms with Gasteiger partial charge in [-0.15, -0.1) is 0 Å². The van der Waals surface area contributed by atoms with Gasteiger partial charge in [-0.2, -0.15) is 0 Å². The van der Waals surface area contributed by atoms with Gasteiger partial charge in [-0.1, -0.05) is 0 Å². The minimum Gasteiger partial charge on any atom is -0.339 e. The molecule has 1 aromatic rings. The van der Waals surface area contributed by atoms with Crippen molar-refractivity contribution in [2.24, 2.45) is 0 Å². The van der Waals surface area contributed by atoms with Crippen LogP contribution in [0.15, 0.2) is 18.2 Å². The molecule has 0 bridgehead atoms. The van der Waals surface area contributed by atoms with Crippen molar-refractivity contribution in [3.8, 4) is 0 Å². The molecule has 0 aromatic heterocycles. The average Bonchev–Trinajstić information content (AvgIpc) is 2.37. The largest absolute Gasteiger partial charge is 0.339 e. The molecule has 5 heteroatoms. The summed E-state index contributed by atoms with van der Waals surface area (Å²) in [5, 5.41) is 3.21. The summed E-state index contributed by atoms with van der Waals surface area (Å²) < 4.78 is 26.1. The van der Waals surface area contributed by atoms with Crippen molar-refractivity contribution in [3.05, 3.63) is 35.4 Å². The zero-order chi connectivity index (χ0) is 13.1.